The zero-order valence-electron chi connectivity index (χ0n) is 13.9. The van der Waals surface area contributed by atoms with Gasteiger partial charge in [-0.1, -0.05) is 29.8 Å². The summed E-state index contributed by atoms with van der Waals surface area (Å²) < 4.78 is 5.23. The van der Waals surface area contributed by atoms with Crippen LogP contribution in [0.3, 0.4) is 0 Å². The third kappa shape index (κ3) is 2.80. The average Bonchev–Trinajstić information content (AvgIpc) is 3.21. The van der Waals surface area contributed by atoms with Gasteiger partial charge in [0.2, 0.25) is 11.8 Å². The predicted molar refractivity (Wildman–Crippen MR) is 91.6 cm³/mol. The quantitative estimate of drug-likeness (QED) is 0.854. The lowest BCUT2D eigenvalue weighted by Crippen LogP contribution is -2.60. The number of hydrogen-bond donors (Lipinski definition) is 1. The number of amides is 2. The third-order valence-electron chi connectivity index (χ3n) is 5.37. The Morgan fingerprint density at radius 1 is 1.29 bits per heavy atom. The van der Waals surface area contributed by atoms with Gasteiger partial charge >= 0.3 is 0 Å². The fourth-order valence-corrected chi connectivity index (χ4v) is 4.00. The summed E-state index contributed by atoms with van der Waals surface area (Å²) in [7, 11) is 1.53. The van der Waals surface area contributed by atoms with E-state index in [1.165, 1.54) is 7.11 Å². The molecule has 3 rings (SSSR count). The van der Waals surface area contributed by atoms with Crippen LogP contribution in [0.15, 0.2) is 24.3 Å². The lowest BCUT2D eigenvalue weighted by molar-refractivity contribution is -0.150. The number of methoxy groups -OCH3 is 1. The Hall–Kier alpha value is -1.59. The molecule has 0 radical (unpaired) electrons. The number of rotatable bonds is 6. The van der Waals surface area contributed by atoms with Crippen molar-refractivity contribution in [3.8, 4) is 0 Å². The van der Waals surface area contributed by atoms with E-state index in [-0.39, 0.29) is 12.5 Å². The Labute approximate surface area is 147 Å². The SMILES string of the molecule is COCC1(C(N)=O)CCCN1C(=O)C1(Cc2ccccc2Cl)CC1. The lowest BCUT2D eigenvalue weighted by atomic mass is 9.91. The van der Waals surface area contributed by atoms with Gasteiger partial charge in [0.1, 0.15) is 5.54 Å². The molecule has 5 nitrogen and oxygen atoms in total. The van der Waals surface area contributed by atoms with Gasteiger partial charge in [-0.25, -0.2) is 0 Å². The molecule has 130 valence electrons. The second-order valence-corrected chi connectivity index (χ2v) is 7.34. The molecule has 1 saturated carbocycles. The van der Waals surface area contributed by atoms with Crippen molar-refractivity contribution in [1.82, 2.24) is 4.90 Å². The molecule has 2 N–H and O–H groups in total. The second kappa shape index (κ2) is 6.37. The van der Waals surface area contributed by atoms with E-state index < -0.39 is 16.9 Å². The number of primary amides is 1. The molecule has 0 spiro atoms. The highest BCUT2D eigenvalue weighted by Crippen LogP contribution is 2.52. The summed E-state index contributed by atoms with van der Waals surface area (Å²) in [6.45, 7) is 0.700. The summed E-state index contributed by atoms with van der Waals surface area (Å²) in [5, 5.41) is 0.677. The summed E-state index contributed by atoms with van der Waals surface area (Å²) in [5.74, 6) is -0.473. The van der Waals surface area contributed by atoms with Crippen molar-refractivity contribution in [2.75, 3.05) is 20.3 Å². The summed E-state index contributed by atoms with van der Waals surface area (Å²) in [4.78, 5) is 27.0. The van der Waals surface area contributed by atoms with Gasteiger partial charge in [0.25, 0.3) is 0 Å². The van der Waals surface area contributed by atoms with Crippen LogP contribution in [0.1, 0.15) is 31.2 Å². The first-order valence-electron chi connectivity index (χ1n) is 8.29. The third-order valence-corrected chi connectivity index (χ3v) is 5.74. The van der Waals surface area contributed by atoms with Gasteiger partial charge in [-0.05, 0) is 43.7 Å². The molecule has 1 heterocycles. The maximum atomic E-state index is 13.3. The molecule has 1 atom stereocenters. The minimum Gasteiger partial charge on any atom is -0.382 e. The number of carbonyl (C=O) groups is 2. The molecule has 0 bridgehead atoms. The highest BCUT2D eigenvalue weighted by atomic mass is 35.5. The molecule has 24 heavy (non-hydrogen) atoms. The minimum absolute atomic E-state index is 0.00997. The second-order valence-electron chi connectivity index (χ2n) is 6.94. The fraction of sp³-hybridized carbons (Fsp3) is 0.556. The van der Waals surface area contributed by atoms with Crippen molar-refractivity contribution < 1.29 is 14.3 Å². The van der Waals surface area contributed by atoms with E-state index in [1.807, 2.05) is 24.3 Å². The van der Waals surface area contributed by atoms with Crippen LogP contribution in [-0.4, -0.2) is 42.5 Å². The van der Waals surface area contributed by atoms with Gasteiger partial charge < -0.3 is 15.4 Å². The summed E-state index contributed by atoms with van der Waals surface area (Å²) in [6, 6.07) is 7.60. The molecule has 1 aliphatic heterocycles. The monoisotopic (exact) mass is 350 g/mol. The van der Waals surface area contributed by atoms with Gasteiger partial charge in [-0.15, -0.1) is 0 Å². The van der Waals surface area contributed by atoms with E-state index in [1.54, 1.807) is 4.90 Å². The van der Waals surface area contributed by atoms with Crippen molar-refractivity contribution in [1.29, 1.82) is 0 Å². The Bertz CT molecular complexity index is 659. The zero-order chi connectivity index (χ0) is 17.4. The van der Waals surface area contributed by atoms with E-state index in [0.717, 1.165) is 24.8 Å². The molecule has 1 aromatic carbocycles. The average molecular weight is 351 g/mol. The van der Waals surface area contributed by atoms with Crippen LogP contribution in [0.4, 0.5) is 0 Å². The van der Waals surface area contributed by atoms with Crippen molar-refractivity contribution >= 4 is 23.4 Å². The Kier molecular flexibility index (Phi) is 4.58. The van der Waals surface area contributed by atoms with Crippen LogP contribution in [0.5, 0.6) is 0 Å². The normalized spacial score (nSPS) is 24.8. The highest BCUT2D eigenvalue weighted by molar-refractivity contribution is 6.31. The molecule has 1 aromatic rings. The standard InChI is InChI=1S/C18H23ClN2O3/c1-24-12-18(15(20)22)7-4-10-21(18)16(23)17(8-9-17)11-13-5-2-3-6-14(13)19/h2-3,5-6H,4,7-12H2,1H3,(H2,20,22). The van der Waals surface area contributed by atoms with Gasteiger partial charge in [0, 0.05) is 18.7 Å². The number of likely N-dealkylation sites (tertiary alicyclic amines) is 1. The van der Waals surface area contributed by atoms with Crippen molar-refractivity contribution in [3.63, 3.8) is 0 Å². The highest BCUT2D eigenvalue weighted by Gasteiger charge is 2.58. The maximum Gasteiger partial charge on any atom is 0.245 e. The van der Waals surface area contributed by atoms with Gasteiger partial charge in [0.15, 0.2) is 0 Å². The number of nitrogens with two attached hydrogens (primary N) is 1. The van der Waals surface area contributed by atoms with Crippen molar-refractivity contribution in [2.45, 2.75) is 37.6 Å². The first-order valence-corrected chi connectivity index (χ1v) is 8.67. The number of benzene rings is 1. The van der Waals surface area contributed by atoms with Gasteiger partial charge in [-0.3, -0.25) is 9.59 Å². The number of carbonyl (C=O) groups excluding carboxylic acids is 2. The Balaban J connectivity index is 1.85. The topological polar surface area (TPSA) is 72.6 Å². The van der Waals surface area contributed by atoms with Crippen molar-refractivity contribution in [2.24, 2.45) is 11.1 Å². The number of halogens is 1. The molecule has 1 saturated heterocycles. The van der Waals surface area contributed by atoms with E-state index >= 15 is 0 Å². The van der Waals surface area contributed by atoms with Crippen LogP contribution in [-0.2, 0) is 20.7 Å². The number of ether oxygens (including phenoxy) is 1. The lowest BCUT2D eigenvalue weighted by Gasteiger charge is -2.37. The van der Waals surface area contributed by atoms with Crippen LogP contribution in [0.2, 0.25) is 5.02 Å². The van der Waals surface area contributed by atoms with Crippen LogP contribution >= 0.6 is 11.6 Å². The summed E-state index contributed by atoms with van der Waals surface area (Å²) in [6.07, 6.45) is 3.55. The molecule has 2 amide bonds. The summed E-state index contributed by atoms with van der Waals surface area (Å²) in [5.41, 5.74) is 5.16. The van der Waals surface area contributed by atoms with Gasteiger partial charge in [0.05, 0.1) is 12.0 Å². The molecule has 1 aliphatic carbocycles. The first kappa shape index (κ1) is 17.2. The number of hydrogen-bond acceptors (Lipinski definition) is 3. The fourth-order valence-electron chi connectivity index (χ4n) is 3.80. The van der Waals surface area contributed by atoms with Crippen LogP contribution in [0.25, 0.3) is 0 Å². The zero-order valence-corrected chi connectivity index (χ0v) is 14.6. The van der Waals surface area contributed by atoms with E-state index in [2.05, 4.69) is 0 Å². The maximum absolute atomic E-state index is 13.3. The largest absolute Gasteiger partial charge is 0.382 e. The Morgan fingerprint density at radius 2 is 2.00 bits per heavy atom. The summed E-state index contributed by atoms with van der Waals surface area (Å²) >= 11 is 6.26. The first-order chi connectivity index (χ1) is 11.4. The molecule has 2 aliphatic rings. The van der Waals surface area contributed by atoms with Crippen LogP contribution in [0, 0.1) is 5.41 Å². The van der Waals surface area contributed by atoms with E-state index in [4.69, 9.17) is 22.1 Å². The molecule has 2 fully saturated rings. The van der Waals surface area contributed by atoms with Crippen molar-refractivity contribution in [3.05, 3.63) is 34.9 Å². The van der Waals surface area contributed by atoms with E-state index in [9.17, 15) is 9.59 Å². The minimum atomic E-state index is -1.01. The van der Waals surface area contributed by atoms with Crippen LogP contribution < -0.4 is 5.73 Å². The number of nitrogens with zero attached hydrogens (tertiary/aromatic N) is 1. The predicted octanol–water partition coefficient (Wildman–Crippen LogP) is 2.16. The Morgan fingerprint density at radius 3 is 2.58 bits per heavy atom. The smallest absolute Gasteiger partial charge is 0.245 e. The molecular formula is C18H23ClN2O3. The van der Waals surface area contributed by atoms with Gasteiger partial charge in [-0.2, -0.15) is 0 Å². The molecule has 6 heteroatoms. The molecule has 1 unspecified atom stereocenters. The van der Waals surface area contributed by atoms with E-state index in [0.29, 0.717) is 24.4 Å². The molecular weight excluding hydrogens is 328 g/mol. The molecule has 0 aromatic heterocycles.